The minimum Gasteiger partial charge on any atom is -0.382 e. The summed E-state index contributed by atoms with van der Waals surface area (Å²) in [6, 6.07) is 8.92. The molecular weight excluding hydrogens is 290 g/mol. The first-order valence-corrected chi connectivity index (χ1v) is 8.40. The van der Waals surface area contributed by atoms with Gasteiger partial charge in [-0.3, -0.25) is 0 Å². The van der Waals surface area contributed by atoms with Crippen LogP contribution < -0.4 is 5.32 Å². The first-order chi connectivity index (χ1) is 9.83. The van der Waals surface area contributed by atoms with Crippen molar-refractivity contribution in [2.75, 3.05) is 27.4 Å². The minimum absolute atomic E-state index is 0.0887. The molecule has 0 amide bonds. The van der Waals surface area contributed by atoms with Crippen molar-refractivity contribution in [3.8, 4) is 0 Å². The summed E-state index contributed by atoms with van der Waals surface area (Å²) in [4.78, 5) is 2.77. The number of ether oxygens (including phenoxy) is 2. The summed E-state index contributed by atoms with van der Waals surface area (Å²) >= 11 is 3.60. The van der Waals surface area contributed by atoms with Gasteiger partial charge in [0.1, 0.15) is 0 Å². The van der Waals surface area contributed by atoms with Crippen LogP contribution in [0, 0.1) is 0 Å². The summed E-state index contributed by atoms with van der Waals surface area (Å²) in [5, 5.41) is 7.86. The van der Waals surface area contributed by atoms with E-state index in [4.69, 9.17) is 9.47 Å². The van der Waals surface area contributed by atoms with Crippen LogP contribution in [0.5, 0.6) is 0 Å². The monoisotopic (exact) mass is 311 g/mol. The predicted octanol–water partition coefficient (Wildman–Crippen LogP) is 3.34. The molecule has 2 aromatic rings. The average molecular weight is 311 g/mol. The quantitative estimate of drug-likeness (QED) is 0.770. The van der Waals surface area contributed by atoms with E-state index in [-0.39, 0.29) is 6.10 Å². The van der Waals surface area contributed by atoms with Gasteiger partial charge in [0, 0.05) is 43.0 Å². The lowest BCUT2D eigenvalue weighted by Gasteiger charge is -2.21. The molecule has 0 spiro atoms. The minimum atomic E-state index is 0.0887. The molecule has 3 nitrogen and oxygen atoms in total. The molecule has 20 heavy (non-hydrogen) atoms. The first-order valence-electron chi connectivity index (χ1n) is 6.64. The van der Waals surface area contributed by atoms with Crippen LogP contribution in [0.2, 0.25) is 0 Å². The molecule has 2 aromatic heterocycles. The van der Waals surface area contributed by atoms with E-state index in [1.165, 1.54) is 9.75 Å². The van der Waals surface area contributed by atoms with Crippen LogP contribution in [-0.4, -0.2) is 33.5 Å². The number of thiophene rings is 2. The summed E-state index contributed by atoms with van der Waals surface area (Å²) in [6.07, 6.45) is 1.10. The molecule has 0 aliphatic rings. The van der Waals surface area contributed by atoms with E-state index in [9.17, 15) is 0 Å². The van der Waals surface area contributed by atoms with Gasteiger partial charge in [-0.1, -0.05) is 12.1 Å². The zero-order chi connectivity index (χ0) is 14.2. The number of nitrogens with one attached hydrogen (secondary N) is 1. The summed E-state index contributed by atoms with van der Waals surface area (Å²) in [6.45, 7) is 1.40. The Labute approximate surface area is 128 Å². The Hall–Kier alpha value is -0.720. The predicted molar refractivity (Wildman–Crippen MR) is 85.8 cm³/mol. The van der Waals surface area contributed by atoms with E-state index in [2.05, 4.69) is 40.3 Å². The molecular formula is C15H21NO2S2. The van der Waals surface area contributed by atoms with Gasteiger partial charge in [0.2, 0.25) is 0 Å². The number of rotatable bonds is 9. The van der Waals surface area contributed by atoms with Gasteiger partial charge >= 0.3 is 0 Å². The molecule has 1 N–H and O–H groups in total. The maximum absolute atomic E-state index is 5.41. The van der Waals surface area contributed by atoms with Crippen molar-refractivity contribution in [3.63, 3.8) is 0 Å². The molecule has 2 heterocycles. The number of methoxy groups -OCH3 is 2. The SMILES string of the molecule is COCC(CNC(Cc1cccs1)c1cccs1)OC. The van der Waals surface area contributed by atoms with Crippen LogP contribution in [0.3, 0.4) is 0 Å². The molecule has 0 radical (unpaired) electrons. The first kappa shape index (κ1) is 15.7. The maximum atomic E-state index is 5.41. The van der Waals surface area contributed by atoms with Crippen LogP contribution in [0.15, 0.2) is 35.0 Å². The largest absolute Gasteiger partial charge is 0.382 e. The Morgan fingerprint density at radius 2 is 1.95 bits per heavy atom. The van der Waals surface area contributed by atoms with E-state index >= 15 is 0 Å². The van der Waals surface area contributed by atoms with E-state index in [0.29, 0.717) is 12.6 Å². The summed E-state index contributed by atoms with van der Waals surface area (Å²) < 4.78 is 10.6. The highest BCUT2D eigenvalue weighted by atomic mass is 32.1. The number of hydrogen-bond acceptors (Lipinski definition) is 5. The van der Waals surface area contributed by atoms with Crippen molar-refractivity contribution >= 4 is 22.7 Å². The maximum Gasteiger partial charge on any atom is 0.0928 e. The highest BCUT2D eigenvalue weighted by Crippen LogP contribution is 2.24. The van der Waals surface area contributed by atoms with E-state index in [1.807, 2.05) is 11.3 Å². The van der Waals surface area contributed by atoms with Gasteiger partial charge in [0.05, 0.1) is 12.7 Å². The molecule has 0 saturated carbocycles. The fourth-order valence-electron chi connectivity index (χ4n) is 2.06. The lowest BCUT2D eigenvalue weighted by atomic mass is 10.1. The second-order valence-electron chi connectivity index (χ2n) is 4.57. The molecule has 0 aliphatic carbocycles. The van der Waals surface area contributed by atoms with Gasteiger partial charge in [0.15, 0.2) is 0 Å². The van der Waals surface area contributed by atoms with E-state index in [1.54, 1.807) is 25.6 Å². The average Bonchev–Trinajstić information content (AvgIpc) is 3.14. The molecule has 110 valence electrons. The van der Waals surface area contributed by atoms with Gasteiger partial charge in [-0.25, -0.2) is 0 Å². The molecule has 2 atom stereocenters. The van der Waals surface area contributed by atoms with Crippen LogP contribution in [0.4, 0.5) is 0 Å². The summed E-state index contributed by atoms with van der Waals surface area (Å²) in [7, 11) is 3.43. The van der Waals surface area contributed by atoms with Gasteiger partial charge in [-0.15, -0.1) is 22.7 Å². The molecule has 2 unspecified atom stereocenters. The standard InChI is InChI=1S/C15H21NO2S2/c1-17-11-12(18-2)10-16-14(15-6-4-8-20-15)9-13-5-3-7-19-13/h3-8,12,14,16H,9-11H2,1-2H3. The smallest absolute Gasteiger partial charge is 0.0928 e. The molecule has 5 heteroatoms. The number of hydrogen-bond donors (Lipinski definition) is 1. The Bertz CT molecular complexity index is 456. The highest BCUT2D eigenvalue weighted by molar-refractivity contribution is 7.10. The molecule has 0 saturated heterocycles. The fourth-order valence-corrected chi connectivity index (χ4v) is 3.62. The van der Waals surface area contributed by atoms with Gasteiger partial charge in [-0.05, 0) is 22.9 Å². The third-order valence-electron chi connectivity index (χ3n) is 3.15. The van der Waals surface area contributed by atoms with E-state index in [0.717, 1.165) is 13.0 Å². The molecule has 0 fully saturated rings. The third kappa shape index (κ3) is 4.68. The molecule has 0 aromatic carbocycles. The van der Waals surface area contributed by atoms with Crippen molar-refractivity contribution < 1.29 is 9.47 Å². The van der Waals surface area contributed by atoms with Crippen molar-refractivity contribution in [1.29, 1.82) is 0 Å². The van der Waals surface area contributed by atoms with Crippen molar-refractivity contribution in [1.82, 2.24) is 5.32 Å². The lowest BCUT2D eigenvalue weighted by Crippen LogP contribution is -2.34. The van der Waals surface area contributed by atoms with Crippen LogP contribution in [0.25, 0.3) is 0 Å². The molecule has 0 aliphatic heterocycles. The Morgan fingerprint density at radius 1 is 1.15 bits per heavy atom. The molecule has 2 rings (SSSR count). The Morgan fingerprint density at radius 3 is 2.55 bits per heavy atom. The van der Waals surface area contributed by atoms with Gasteiger partial charge in [0.25, 0.3) is 0 Å². The zero-order valence-electron chi connectivity index (χ0n) is 11.9. The van der Waals surface area contributed by atoms with Crippen LogP contribution in [0.1, 0.15) is 15.8 Å². The Kier molecular flexibility index (Phi) is 6.69. The fraction of sp³-hybridized carbons (Fsp3) is 0.467. The lowest BCUT2D eigenvalue weighted by molar-refractivity contribution is 0.0274. The van der Waals surface area contributed by atoms with Crippen molar-refractivity contribution in [2.45, 2.75) is 18.6 Å². The summed E-state index contributed by atoms with van der Waals surface area (Å²) in [5.41, 5.74) is 0. The molecule has 0 bridgehead atoms. The van der Waals surface area contributed by atoms with Gasteiger partial charge in [-0.2, -0.15) is 0 Å². The van der Waals surface area contributed by atoms with E-state index < -0.39 is 0 Å². The third-order valence-corrected chi connectivity index (χ3v) is 5.03. The van der Waals surface area contributed by atoms with Crippen molar-refractivity contribution in [3.05, 3.63) is 44.8 Å². The van der Waals surface area contributed by atoms with Crippen LogP contribution in [-0.2, 0) is 15.9 Å². The highest BCUT2D eigenvalue weighted by Gasteiger charge is 2.16. The second kappa shape index (κ2) is 8.54. The van der Waals surface area contributed by atoms with Gasteiger partial charge < -0.3 is 14.8 Å². The second-order valence-corrected chi connectivity index (χ2v) is 6.58. The zero-order valence-corrected chi connectivity index (χ0v) is 13.5. The van der Waals surface area contributed by atoms with Crippen molar-refractivity contribution in [2.24, 2.45) is 0 Å². The Balaban J connectivity index is 1.96. The topological polar surface area (TPSA) is 30.5 Å². The summed E-state index contributed by atoms with van der Waals surface area (Å²) in [5.74, 6) is 0. The van der Waals surface area contributed by atoms with Crippen LogP contribution >= 0.6 is 22.7 Å². The normalized spacial score (nSPS) is 14.3.